The van der Waals surface area contributed by atoms with E-state index in [-0.39, 0.29) is 4.90 Å². The molecule has 0 spiro atoms. The van der Waals surface area contributed by atoms with E-state index in [2.05, 4.69) is 25.2 Å². The van der Waals surface area contributed by atoms with Gasteiger partial charge in [-0.3, -0.25) is 5.10 Å². The van der Waals surface area contributed by atoms with E-state index in [1.165, 1.54) is 0 Å². The molecule has 2 aromatic heterocycles. The van der Waals surface area contributed by atoms with E-state index < -0.39 is 16.1 Å². The molecule has 2 heterocycles. The molecule has 3 N–H and O–H groups in total. The van der Waals surface area contributed by atoms with Gasteiger partial charge in [0, 0.05) is 6.54 Å². The van der Waals surface area contributed by atoms with Crippen molar-refractivity contribution in [2.45, 2.75) is 38.3 Å². The van der Waals surface area contributed by atoms with E-state index in [0.29, 0.717) is 29.6 Å². The lowest BCUT2D eigenvalue weighted by Crippen LogP contribution is -2.28. The average Bonchev–Trinajstić information content (AvgIpc) is 2.96. The van der Waals surface area contributed by atoms with Crippen LogP contribution in [0.1, 0.15) is 36.0 Å². The summed E-state index contributed by atoms with van der Waals surface area (Å²) in [5, 5.41) is 9.60. The van der Waals surface area contributed by atoms with Gasteiger partial charge in [-0.25, -0.2) is 13.4 Å². The fraction of sp³-hybridized carbons (Fsp3) is 0.500. The van der Waals surface area contributed by atoms with Gasteiger partial charge in [-0.1, -0.05) is 0 Å². The third-order valence-corrected chi connectivity index (χ3v) is 4.66. The van der Waals surface area contributed by atoms with Crippen molar-refractivity contribution in [2.75, 3.05) is 7.05 Å². The summed E-state index contributed by atoms with van der Waals surface area (Å²) >= 11 is 0. The molecule has 0 aliphatic carbocycles. The zero-order valence-electron chi connectivity index (χ0n) is 12.4. The third-order valence-electron chi connectivity index (χ3n) is 2.92. The minimum atomic E-state index is -3.72. The van der Waals surface area contributed by atoms with Crippen LogP contribution in [0, 0.1) is 13.8 Å². The molecule has 0 radical (unpaired) electrons. The van der Waals surface area contributed by atoms with E-state index in [4.69, 9.17) is 4.42 Å². The number of hydrogen-bond acceptors (Lipinski definition) is 6. The van der Waals surface area contributed by atoms with Crippen molar-refractivity contribution in [3.63, 3.8) is 0 Å². The van der Waals surface area contributed by atoms with Gasteiger partial charge in [-0.05, 0) is 27.8 Å². The van der Waals surface area contributed by atoms with Crippen LogP contribution in [0.5, 0.6) is 0 Å². The van der Waals surface area contributed by atoms with E-state index in [9.17, 15) is 8.42 Å². The van der Waals surface area contributed by atoms with Crippen LogP contribution < -0.4 is 10.0 Å². The minimum absolute atomic E-state index is 0.159. The van der Waals surface area contributed by atoms with Crippen LogP contribution in [-0.4, -0.2) is 30.6 Å². The normalized spacial score (nSPS) is 13.5. The predicted molar refractivity (Wildman–Crippen MR) is 76.1 cm³/mol. The van der Waals surface area contributed by atoms with Crippen molar-refractivity contribution >= 4 is 10.0 Å². The molecule has 2 aromatic rings. The predicted octanol–water partition coefficient (Wildman–Crippen LogP) is 0.773. The largest absolute Gasteiger partial charge is 0.444 e. The molecule has 8 nitrogen and oxygen atoms in total. The SMILES string of the molecule is CNCc1n[nH]c(C)c1S(=O)(=O)NC(C)c1ncc(C)o1. The van der Waals surface area contributed by atoms with Gasteiger partial charge in [-0.15, -0.1) is 0 Å². The van der Waals surface area contributed by atoms with Crippen LogP contribution in [0.15, 0.2) is 15.5 Å². The van der Waals surface area contributed by atoms with Crippen LogP contribution in [0.4, 0.5) is 0 Å². The van der Waals surface area contributed by atoms with Crippen molar-refractivity contribution in [2.24, 2.45) is 0 Å². The smallest absolute Gasteiger partial charge is 0.245 e. The summed E-state index contributed by atoms with van der Waals surface area (Å²) in [6.07, 6.45) is 1.55. The summed E-state index contributed by atoms with van der Waals surface area (Å²) < 4.78 is 33.0. The highest BCUT2D eigenvalue weighted by Crippen LogP contribution is 2.21. The van der Waals surface area contributed by atoms with Gasteiger partial charge in [0.05, 0.1) is 23.6 Å². The summed E-state index contributed by atoms with van der Waals surface area (Å²) in [6, 6.07) is -0.569. The van der Waals surface area contributed by atoms with Crippen LogP contribution in [0.25, 0.3) is 0 Å². The Labute approximate surface area is 123 Å². The van der Waals surface area contributed by atoms with E-state index in [1.54, 1.807) is 34.0 Å². The summed E-state index contributed by atoms with van der Waals surface area (Å²) in [4.78, 5) is 4.19. The monoisotopic (exact) mass is 313 g/mol. The van der Waals surface area contributed by atoms with Crippen LogP contribution in [0.2, 0.25) is 0 Å². The number of nitrogens with zero attached hydrogens (tertiary/aromatic N) is 2. The van der Waals surface area contributed by atoms with E-state index >= 15 is 0 Å². The van der Waals surface area contributed by atoms with Crippen molar-refractivity contribution in [3.8, 4) is 0 Å². The average molecular weight is 313 g/mol. The first-order chi connectivity index (χ1) is 9.85. The quantitative estimate of drug-likeness (QED) is 0.726. The molecule has 2 rings (SSSR count). The Morgan fingerprint density at radius 3 is 2.71 bits per heavy atom. The lowest BCUT2D eigenvalue weighted by molar-refractivity contribution is 0.427. The number of aryl methyl sites for hydroxylation is 2. The zero-order valence-corrected chi connectivity index (χ0v) is 13.2. The molecule has 9 heteroatoms. The lowest BCUT2D eigenvalue weighted by atomic mass is 10.4. The first kappa shape index (κ1) is 15.7. The molecule has 0 aromatic carbocycles. The molecular formula is C12H19N5O3S. The second kappa shape index (κ2) is 5.96. The molecule has 0 bridgehead atoms. The van der Waals surface area contributed by atoms with E-state index in [0.717, 1.165) is 0 Å². The van der Waals surface area contributed by atoms with Crippen molar-refractivity contribution < 1.29 is 12.8 Å². The number of aromatic amines is 1. The molecule has 1 atom stereocenters. The molecule has 0 aliphatic heterocycles. The third kappa shape index (κ3) is 3.31. The van der Waals surface area contributed by atoms with Gasteiger partial charge in [0.25, 0.3) is 0 Å². The Morgan fingerprint density at radius 2 is 2.14 bits per heavy atom. The fourth-order valence-corrected chi connectivity index (χ4v) is 3.59. The Kier molecular flexibility index (Phi) is 4.45. The maximum atomic E-state index is 12.5. The molecule has 0 fully saturated rings. The first-order valence-corrected chi connectivity index (χ1v) is 7.96. The standard InChI is InChI=1S/C12H19N5O3S/c1-7-5-14-12(20-7)9(3)17-21(18,19)11-8(2)15-16-10(11)6-13-4/h5,9,13,17H,6H2,1-4H3,(H,15,16). The van der Waals surface area contributed by atoms with Gasteiger partial charge in [0.15, 0.2) is 0 Å². The molecule has 0 aliphatic rings. The minimum Gasteiger partial charge on any atom is -0.444 e. The van der Waals surface area contributed by atoms with Crippen LogP contribution in [0.3, 0.4) is 0 Å². The summed E-state index contributed by atoms with van der Waals surface area (Å²) in [5.74, 6) is 0.957. The second-order valence-corrected chi connectivity index (χ2v) is 6.46. The molecule has 0 amide bonds. The van der Waals surface area contributed by atoms with Gasteiger partial charge in [-0.2, -0.15) is 9.82 Å². The number of aromatic nitrogens is 3. The molecule has 0 saturated heterocycles. The van der Waals surface area contributed by atoms with E-state index in [1.807, 2.05) is 0 Å². The number of nitrogens with one attached hydrogen (secondary N) is 3. The molecule has 0 saturated carbocycles. The summed E-state index contributed by atoms with van der Waals surface area (Å²) in [7, 11) is -1.99. The first-order valence-electron chi connectivity index (χ1n) is 6.48. The Balaban J connectivity index is 2.28. The Hall–Kier alpha value is -1.71. The highest BCUT2D eigenvalue weighted by molar-refractivity contribution is 7.89. The second-order valence-electron chi connectivity index (χ2n) is 4.81. The van der Waals surface area contributed by atoms with Crippen LogP contribution in [-0.2, 0) is 16.6 Å². The maximum Gasteiger partial charge on any atom is 0.245 e. The molecule has 1 unspecified atom stereocenters. The fourth-order valence-electron chi connectivity index (χ4n) is 2.03. The number of H-pyrrole nitrogens is 1. The highest BCUT2D eigenvalue weighted by atomic mass is 32.2. The summed E-state index contributed by atoms with van der Waals surface area (Å²) in [5.41, 5.74) is 0.932. The highest BCUT2D eigenvalue weighted by Gasteiger charge is 2.27. The lowest BCUT2D eigenvalue weighted by Gasteiger charge is -2.12. The van der Waals surface area contributed by atoms with Crippen molar-refractivity contribution in [3.05, 3.63) is 29.2 Å². The number of sulfonamides is 1. The maximum absolute atomic E-state index is 12.5. The van der Waals surface area contributed by atoms with Crippen LogP contribution >= 0.6 is 0 Å². The Bertz CT molecular complexity index is 719. The summed E-state index contributed by atoms with van der Waals surface area (Å²) in [6.45, 7) is 5.45. The topological polar surface area (TPSA) is 113 Å². The van der Waals surface area contributed by atoms with Gasteiger partial charge in [0.1, 0.15) is 10.7 Å². The van der Waals surface area contributed by atoms with Gasteiger partial charge >= 0.3 is 0 Å². The number of hydrogen-bond donors (Lipinski definition) is 3. The van der Waals surface area contributed by atoms with Gasteiger partial charge < -0.3 is 9.73 Å². The number of rotatable bonds is 6. The zero-order chi connectivity index (χ0) is 15.6. The Morgan fingerprint density at radius 1 is 1.43 bits per heavy atom. The molecule has 116 valence electrons. The van der Waals surface area contributed by atoms with Crippen molar-refractivity contribution in [1.82, 2.24) is 25.2 Å². The number of oxazole rings is 1. The van der Waals surface area contributed by atoms with Crippen molar-refractivity contribution in [1.29, 1.82) is 0 Å². The molecule has 21 heavy (non-hydrogen) atoms. The molecular weight excluding hydrogens is 294 g/mol. The van der Waals surface area contributed by atoms with Gasteiger partial charge in [0.2, 0.25) is 15.9 Å².